The summed E-state index contributed by atoms with van der Waals surface area (Å²) in [5.41, 5.74) is -1.10. The number of aromatic hydroxyl groups is 13. The quantitative estimate of drug-likeness (QED) is 0.102. The second kappa shape index (κ2) is 13.8. The van der Waals surface area contributed by atoms with E-state index in [1.165, 1.54) is 18.2 Å². The van der Waals surface area contributed by atoms with Crippen LogP contribution in [0.2, 0.25) is 0 Å². The molecular weight excluding hydrogens is 780 g/mol. The van der Waals surface area contributed by atoms with E-state index in [2.05, 4.69) is 0 Å². The summed E-state index contributed by atoms with van der Waals surface area (Å²) in [4.78, 5) is 13.9. The van der Waals surface area contributed by atoms with Crippen LogP contribution in [0.1, 0.15) is 34.5 Å². The molecule has 0 saturated carbocycles. The number of rotatable bonds is 6. The molecule has 0 amide bonds. The molecule has 6 aromatic carbocycles. The minimum Gasteiger partial charge on any atom is -0.508 e. The SMILES string of the molecule is O=c1c(O)cc(C2Oc3cc(O)cc(O)c3CC2Oc2cc(O)c(O)c(O)c2)cc2c([C@H]3Oc4cc(O)cc(O)c4C[C@H]3Oc3cc(O)c(O)c(O)c3)cc(O)c(O)c12. The molecule has 0 aromatic heterocycles. The fourth-order valence-electron chi connectivity index (χ4n) is 7.33. The first-order valence-electron chi connectivity index (χ1n) is 17.5. The third-order valence-corrected chi connectivity index (χ3v) is 10.1. The van der Waals surface area contributed by atoms with E-state index in [0.717, 1.165) is 48.5 Å². The van der Waals surface area contributed by atoms with Gasteiger partial charge in [-0.2, -0.15) is 0 Å². The van der Waals surface area contributed by atoms with Crippen LogP contribution in [0.4, 0.5) is 0 Å². The summed E-state index contributed by atoms with van der Waals surface area (Å²) < 4.78 is 24.8. The van der Waals surface area contributed by atoms with Crippen molar-refractivity contribution in [1.29, 1.82) is 0 Å². The van der Waals surface area contributed by atoms with Gasteiger partial charge in [0.25, 0.3) is 0 Å². The van der Waals surface area contributed by atoms with Crippen LogP contribution in [0.25, 0.3) is 10.8 Å². The highest BCUT2D eigenvalue weighted by molar-refractivity contribution is 5.94. The van der Waals surface area contributed by atoms with Gasteiger partial charge in [-0.3, -0.25) is 4.79 Å². The van der Waals surface area contributed by atoms with Crippen LogP contribution < -0.4 is 24.4 Å². The van der Waals surface area contributed by atoms with E-state index in [0.29, 0.717) is 0 Å². The number of hydrogen-bond acceptors (Lipinski definition) is 18. The van der Waals surface area contributed by atoms with Crippen LogP contribution in [0.5, 0.6) is 97.7 Å². The molecule has 2 aliphatic heterocycles. The third-order valence-electron chi connectivity index (χ3n) is 10.1. The van der Waals surface area contributed by atoms with Crippen LogP contribution in [-0.2, 0) is 12.8 Å². The Kier molecular flexibility index (Phi) is 8.83. The average molecular weight is 813 g/mol. The zero-order valence-electron chi connectivity index (χ0n) is 29.9. The summed E-state index contributed by atoms with van der Waals surface area (Å²) in [7, 11) is 0. The molecule has 18 nitrogen and oxygen atoms in total. The molecule has 0 spiro atoms. The zero-order valence-corrected chi connectivity index (χ0v) is 29.9. The highest BCUT2D eigenvalue weighted by atomic mass is 16.6. The van der Waals surface area contributed by atoms with Crippen molar-refractivity contribution in [2.45, 2.75) is 37.3 Å². The van der Waals surface area contributed by atoms with Gasteiger partial charge in [0.2, 0.25) is 16.9 Å². The van der Waals surface area contributed by atoms with Crippen molar-refractivity contribution in [1.82, 2.24) is 0 Å². The Balaban J connectivity index is 1.34. The molecule has 8 rings (SSSR count). The van der Waals surface area contributed by atoms with Gasteiger partial charge >= 0.3 is 0 Å². The van der Waals surface area contributed by atoms with Gasteiger partial charge in [-0.25, -0.2) is 0 Å². The van der Waals surface area contributed by atoms with Crippen LogP contribution in [-0.4, -0.2) is 78.6 Å². The molecule has 0 bridgehead atoms. The Morgan fingerprint density at radius 2 is 0.898 bits per heavy atom. The van der Waals surface area contributed by atoms with E-state index in [9.17, 15) is 71.2 Å². The number of benzene rings is 5. The molecule has 0 fully saturated rings. The normalized spacial score (nSPS) is 18.2. The lowest BCUT2D eigenvalue weighted by molar-refractivity contribution is 0.0359. The molecular formula is C41H32O18. The molecule has 4 atom stereocenters. The van der Waals surface area contributed by atoms with Crippen LogP contribution >= 0.6 is 0 Å². The summed E-state index contributed by atoms with van der Waals surface area (Å²) in [5.74, 6) is -9.64. The average Bonchev–Trinajstić information content (AvgIpc) is 3.29. The van der Waals surface area contributed by atoms with Gasteiger partial charge < -0.3 is 85.3 Å². The van der Waals surface area contributed by atoms with Gasteiger partial charge in [-0.1, -0.05) is 0 Å². The molecule has 2 unspecified atom stereocenters. The number of hydrogen-bond donors (Lipinski definition) is 13. The molecule has 13 N–H and O–H groups in total. The first-order chi connectivity index (χ1) is 28.0. The van der Waals surface area contributed by atoms with Crippen LogP contribution in [0.15, 0.2) is 71.5 Å². The smallest absolute Gasteiger partial charge is 0.231 e. The summed E-state index contributed by atoms with van der Waals surface area (Å²) in [6, 6.07) is 11.6. The zero-order chi connectivity index (χ0) is 42.2. The van der Waals surface area contributed by atoms with Crippen molar-refractivity contribution in [2.75, 3.05) is 0 Å². The highest BCUT2D eigenvalue weighted by Crippen LogP contribution is 2.50. The van der Waals surface area contributed by atoms with Gasteiger partial charge in [0.05, 0.1) is 5.39 Å². The van der Waals surface area contributed by atoms with Crippen molar-refractivity contribution >= 4 is 10.8 Å². The van der Waals surface area contributed by atoms with Crippen molar-refractivity contribution in [2.24, 2.45) is 0 Å². The largest absolute Gasteiger partial charge is 0.508 e. The minimum atomic E-state index is -1.45. The summed E-state index contributed by atoms with van der Waals surface area (Å²) >= 11 is 0. The predicted octanol–water partition coefficient (Wildman–Crippen LogP) is 4.62. The van der Waals surface area contributed by atoms with E-state index >= 15 is 0 Å². The molecule has 6 aromatic rings. The molecule has 59 heavy (non-hydrogen) atoms. The molecule has 304 valence electrons. The maximum Gasteiger partial charge on any atom is 0.231 e. The fourth-order valence-corrected chi connectivity index (χ4v) is 7.33. The van der Waals surface area contributed by atoms with Crippen LogP contribution in [0.3, 0.4) is 0 Å². The Bertz CT molecular complexity index is 2740. The molecule has 0 saturated heterocycles. The topological polar surface area (TPSA) is 317 Å². The van der Waals surface area contributed by atoms with Gasteiger partial charge in [0.15, 0.2) is 52.5 Å². The number of ether oxygens (including phenoxy) is 4. The second-order valence-corrected chi connectivity index (χ2v) is 13.9. The first-order valence-corrected chi connectivity index (χ1v) is 17.5. The van der Waals surface area contributed by atoms with E-state index < -0.39 is 110 Å². The Labute approximate surface area is 329 Å². The maximum atomic E-state index is 13.9. The molecule has 0 aliphatic carbocycles. The van der Waals surface area contributed by atoms with E-state index in [4.69, 9.17) is 18.9 Å². The molecule has 0 radical (unpaired) electrons. The summed E-state index contributed by atoms with van der Waals surface area (Å²) in [6.45, 7) is 0. The molecule has 18 heteroatoms. The Morgan fingerprint density at radius 1 is 0.458 bits per heavy atom. The van der Waals surface area contributed by atoms with E-state index in [1.54, 1.807) is 0 Å². The van der Waals surface area contributed by atoms with Crippen molar-refractivity contribution in [3.05, 3.63) is 99.2 Å². The standard InChI is InChI=1S/C41H32O18/c42-15-3-23(44)21-12-33(56-17-7-26(47)36(52)27(48)8-17)40(58-31(21)5-15)14-1-19-20(11-30(51)39(55)35(19)38(54)25(46)2-14)41-34(57-18-9-28(49)37(53)29(50)10-18)13-22-24(45)4-16(43)6-32(22)59-41/h1-11,33-34,40-45,47-53,55H,12-13H2,(H,46,54)/t33?,34-,40?,41-/m1/s1. The van der Waals surface area contributed by atoms with E-state index in [1.807, 2.05) is 0 Å². The van der Waals surface area contributed by atoms with Gasteiger partial charge in [-0.05, 0) is 23.6 Å². The Morgan fingerprint density at radius 3 is 1.39 bits per heavy atom. The lowest BCUT2D eigenvalue weighted by Gasteiger charge is -2.35. The Hall–Kier alpha value is -8.15. The van der Waals surface area contributed by atoms with Gasteiger partial charge in [-0.15, -0.1) is 0 Å². The first kappa shape index (κ1) is 37.8. The molecule has 2 heterocycles. The van der Waals surface area contributed by atoms with Crippen molar-refractivity contribution in [3.63, 3.8) is 0 Å². The number of fused-ring (bicyclic) bond motifs is 3. The van der Waals surface area contributed by atoms with E-state index in [-0.39, 0.29) is 63.5 Å². The lowest BCUT2D eigenvalue weighted by atomic mass is 9.89. The lowest BCUT2D eigenvalue weighted by Crippen LogP contribution is -2.35. The summed E-state index contributed by atoms with van der Waals surface area (Å²) in [5, 5.41) is 135. The number of phenolic OH excluding ortho intramolecular Hbond substituents is 12. The fraction of sp³-hybridized carbons (Fsp3) is 0.146. The maximum absolute atomic E-state index is 13.9. The second-order valence-electron chi connectivity index (χ2n) is 13.9. The number of phenols is 12. The monoisotopic (exact) mass is 812 g/mol. The summed E-state index contributed by atoms with van der Waals surface area (Å²) in [6.07, 6.45) is -5.82. The van der Waals surface area contributed by atoms with Crippen LogP contribution in [0, 0.1) is 0 Å². The van der Waals surface area contributed by atoms with Gasteiger partial charge in [0.1, 0.15) is 58.2 Å². The third kappa shape index (κ3) is 6.57. The molecule has 2 aliphatic rings. The van der Waals surface area contributed by atoms with Crippen molar-refractivity contribution in [3.8, 4) is 97.7 Å². The predicted molar refractivity (Wildman–Crippen MR) is 201 cm³/mol. The minimum absolute atomic E-state index is 0.0529. The van der Waals surface area contributed by atoms with Gasteiger partial charge in [0, 0.05) is 83.6 Å². The highest BCUT2D eigenvalue weighted by Gasteiger charge is 2.40. The van der Waals surface area contributed by atoms with Crippen molar-refractivity contribution < 1.29 is 85.3 Å².